The summed E-state index contributed by atoms with van der Waals surface area (Å²) in [6, 6.07) is 14.8. The molecule has 1 saturated heterocycles. The van der Waals surface area contributed by atoms with Crippen molar-refractivity contribution in [2.75, 3.05) is 44.3 Å². The highest BCUT2D eigenvalue weighted by atomic mass is 35.5. The number of nitrogen functional groups attached to an aromatic ring is 1. The van der Waals surface area contributed by atoms with Crippen molar-refractivity contribution in [2.45, 2.75) is 37.8 Å². The number of nitrogens with zero attached hydrogens (tertiary/aromatic N) is 7. The molecule has 7 rings (SSSR count). The smallest absolute Gasteiger partial charge is 0.300 e. The molecule has 10 nitrogen and oxygen atoms in total. The Labute approximate surface area is 237 Å². The Morgan fingerprint density at radius 2 is 1.70 bits per heavy atom. The van der Waals surface area contributed by atoms with Gasteiger partial charge in [-0.3, -0.25) is 4.90 Å². The Balaban J connectivity index is 1.12. The Morgan fingerprint density at radius 1 is 0.950 bits per heavy atom. The van der Waals surface area contributed by atoms with Gasteiger partial charge in [-0.15, -0.1) is 0 Å². The molecule has 11 heteroatoms. The van der Waals surface area contributed by atoms with E-state index < -0.39 is 0 Å². The highest BCUT2D eigenvalue weighted by Gasteiger charge is 2.30. The van der Waals surface area contributed by atoms with Gasteiger partial charge in [0.1, 0.15) is 23.4 Å². The van der Waals surface area contributed by atoms with E-state index in [9.17, 15) is 0 Å². The predicted molar refractivity (Wildman–Crippen MR) is 158 cm³/mol. The number of benzene rings is 2. The van der Waals surface area contributed by atoms with Crippen LogP contribution in [0.15, 0.2) is 53.2 Å². The molecule has 0 radical (unpaired) electrons. The predicted octanol–water partition coefficient (Wildman–Crippen LogP) is 5.34. The first-order valence-electron chi connectivity index (χ1n) is 13.9. The number of hydrogen-bond donors (Lipinski definition) is 2. The molecule has 0 bridgehead atoms. The lowest BCUT2D eigenvalue weighted by molar-refractivity contribution is 0.0815. The summed E-state index contributed by atoms with van der Waals surface area (Å²) in [5.41, 5.74) is 11.0. The molecule has 2 aliphatic rings. The number of likely N-dealkylation sites (N-methyl/N-ethyl adjacent to an activating group) is 1. The maximum atomic E-state index is 6.39. The molecule has 1 aliphatic carbocycles. The molecule has 0 spiro atoms. The van der Waals surface area contributed by atoms with Gasteiger partial charge in [-0.05, 0) is 57.0 Å². The summed E-state index contributed by atoms with van der Waals surface area (Å²) in [6.45, 7) is 4.63. The third-order valence-corrected chi connectivity index (χ3v) is 8.66. The van der Waals surface area contributed by atoms with Gasteiger partial charge >= 0.3 is 0 Å². The molecule has 2 aromatic carbocycles. The van der Waals surface area contributed by atoms with Gasteiger partial charge in [-0.25, -0.2) is 14.6 Å². The molecule has 1 saturated carbocycles. The molecule has 206 valence electrons. The number of oxazole rings is 1. The maximum Gasteiger partial charge on any atom is 0.300 e. The Morgan fingerprint density at radius 3 is 2.45 bits per heavy atom. The van der Waals surface area contributed by atoms with Gasteiger partial charge < -0.3 is 20.4 Å². The Kier molecular flexibility index (Phi) is 6.53. The van der Waals surface area contributed by atoms with E-state index in [0.717, 1.165) is 67.0 Å². The molecule has 3 aromatic heterocycles. The first kappa shape index (κ1) is 25.3. The van der Waals surface area contributed by atoms with E-state index in [-0.39, 0.29) is 0 Å². The molecule has 2 fully saturated rings. The summed E-state index contributed by atoms with van der Waals surface area (Å²) in [6.07, 6.45) is 6.04. The number of nitrogens with two attached hydrogens (primary N) is 1. The fraction of sp³-hybridized carbons (Fsp3) is 0.379. The van der Waals surface area contributed by atoms with E-state index in [1.807, 2.05) is 36.4 Å². The number of hydrogen-bond acceptors (Lipinski definition) is 9. The van der Waals surface area contributed by atoms with Gasteiger partial charge in [-0.2, -0.15) is 10.1 Å². The minimum Gasteiger partial charge on any atom is -0.422 e. The van der Waals surface area contributed by atoms with Crippen LogP contribution >= 0.6 is 11.6 Å². The zero-order chi connectivity index (χ0) is 27.2. The average Bonchev–Trinajstić information content (AvgIpc) is 3.57. The molecule has 4 heterocycles. The molecule has 5 aromatic rings. The van der Waals surface area contributed by atoms with Crippen LogP contribution in [0, 0.1) is 0 Å². The lowest BCUT2D eigenvalue weighted by Gasteiger charge is -2.41. The van der Waals surface area contributed by atoms with Gasteiger partial charge in [-0.1, -0.05) is 29.8 Å². The number of aromatic nitrogens is 5. The fourth-order valence-corrected chi connectivity index (χ4v) is 6.32. The van der Waals surface area contributed by atoms with Crippen LogP contribution in [0.3, 0.4) is 0 Å². The monoisotopic (exact) mass is 557 g/mol. The van der Waals surface area contributed by atoms with Gasteiger partial charge in [0.2, 0.25) is 0 Å². The van der Waals surface area contributed by atoms with Crippen molar-refractivity contribution in [3.63, 3.8) is 0 Å². The zero-order valence-corrected chi connectivity index (χ0v) is 23.2. The summed E-state index contributed by atoms with van der Waals surface area (Å²) in [5.74, 6) is 0.447. The molecule has 1 aliphatic heterocycles. The minimum absolute atomic E-state index is 0.293. The number of nitrogens with one attached hydrogen (secondary N) is 1. The summed E-state index contributed by atoms with van der Waals surface area (Å²) in [7, 11) is 2.21. The topological polar surface area (TPSA) is 114 Å². The average molecular weight is 558 g/mol. The molecule has 40 heavy (non-hydrogen) atoms. The minimum atomic E-state index is 0.293. The maximum absolute atomic E-state index is 6.39. The molecular formula is C29H32ClN9O. The van der Waals surface area contributed by atoms with Crippen LogP contribution in [0.2, 0.25) is 5.02 Å². The normalized spacial score (nSPS) is 20.9. The van der Waals surface area contributed by atoms with E-state index in [2.05, 4.69) is 41.8 Å². The SMILES string of the molecule is CN1CCN([C@H]2CC[C@@H](n3nc(-c4ccc(Nc5nc6cccc(Cl)c6o5)cc4)c4c(N)ncnc43)CC2)CC1. The van der Waals surface area contributed by atoms with Crippen molar-refractivity contribution in [2.24, 2.45) is 0 Å². The summed E-state index contributed by atoms with van der Waals surface area (Å²) >= 11 is 6.23. The lowest BCUT2D eigenvalue weighted by Crippen LogP contribution is -2.49. The van der Waals surface area contributed by atoms with E-state index in [4.69, 9.17) is 26.9 Å². The largest absolute Gasteiger partial charge is 0.422 e. The summed E-state index contributed by atoms with van der Waals surface area (Å²) in [4.78, 5) is 18.5. The molecular weight excluding hydrogens is 526 g/mol. The summed E-state index contributed by atoms with van der Waals surface area (Å²) in [5, 5.41) is 9.65. The lowest BCUT2D eigenvalue weighted by atomic mass is 9.90. The number of rotatable bonds is 5. The van der Waals surface area contributed by atoms with Gasteiger partial charge in [0.15, 0.2) is 11.2 Å². The van der Waals surface area contributed by atoms with Crippen molar-refractivity contribution in [3.05, 3.63) is 53.8 Å². The van der Waals surface area contributed by atoms with Crippen LogP contribution in [0.5, 0.6) is 0 Å². The number of para-hydroxylation sites is 1. The van der Waals surface area contributed by atoms with Crippen molar-refractivity contribution >= 4 is 51.3 Å². The number of halogens is 1. The van der Waals surface area contributed by atoms with Crippen LogP contribution in [0.1, 0.15) is 31.7 Å². The first-order chi connectivity index (χ1) is 19.5. The van der Waals surface area contributed by atoms with Crippen LogP contribution in [-0.2, 0) is 0 Å². The van der Waals surface area contributed by atoms with Crippen molar-refractivity contribution in [3.8, 4) is 11.3 Å². The van der Waals surface area contributed by atoms with Gasteiger partial charge in [0, 0.05) is 43.5 Å². The highest BCUT2D eigenvalue weighted by Crippen LogP contribution is 2.37. The van der Waals surface area contributed by atoms with Gasteiger partial charge in [0.05, 0.1) is 16.5 Å². The molecule has 0 amide bonds. The molecule has 0 unspecified atom stereocenters. The van der Waals surface area contributed by atoms with E-state index in [1.165, 1.54) is 19.2 Å². The second-order valence-electron chi connectivity index (χ2n) is 10.9. The van der Waals surface area contributed by atoms with Crippen LogP contribution in [0.4, 0.5) is 17.5 Å². The molecule has 0 atom stereocenters. The second kappa shape index (κ2) is 10.3. The first-order valence-corrected chi connectivity index (χ1v) is 14.2. The van der Waals surface area contributed by atoms with E-state index in [0.29, 0.717) is 40.0 Å². The van der Waals surface area contributed by atoms with Crippen LogP contribution in [0.25, 0.3) is 33.4 Å². The zero-order valence-electron chi connectivity index (χ0n) is 22.4. The standard InChI is InChI=1S/C29H32ClN9O/c1-37-13-15-38(16-14-37)20-9-11-21(12-10-20)39-28-24(27(31)32-17-33-28)25(36-39)18-5-7-19(8-6-18)34-29-35-23-4-2-3-22(30)26(23)40-29/h2-8,17,20-21H,9-16H2,1H3,(H,34,35)(H2,31,32,33)/t20-,21+. The number of anilines is 3. The van der Waals surface area contributed by atoms with E-state index >= 15 is 0 Å². The van der Waals surface area contributed by atoms with Crippen LogP contribution < -0.4 is 11.1 Å². The number of piperazine rings is 1. The Hall–Kier alpha value is -3.73. The van der Waals surface area contributed by atoms with E-state index in [1.54, 1.807) is 6.07 Å². The fourth-order valence-electron chi connectivity index (χ4n) is 6.11. The number of fused-ring (bicyclic) bond motifs is 2. The Bertz CT molecular complexity index is 1650. The molecule has 3 N–H and O–H groups in total. The third-order valence-electron chi connectivity index (χ3n) is 8.36. The van der Waals surface area contributed by atoms with Crippen molar-refractivity contribution < 1.29 is 4.42 Å². The van der Waals surface area contributed by atoms with Crippen molar-refractivity contribution in [1.29, 1.82) is 0 Å². The van der Waals surface area contributed by atoms with Crippen molar-refractivity contribution in [1.82, 2.24) is 34.5 Å². The quantitative estimate of drug-likeness (QED) is 0.295. The second-order valence-corrected chi connectivity index (χ2v) is 11.3. The third kappa shape index (κ3) is 4.66. The summed E-state index contributed by atoms with van der Waals surface area (Å²) < 4.78 is 7.90. The highest BCUT2D eigenvalue weighted by molar-refractivity contribution is 6.34. The van der Waals surface area contributed by atoms with Gasteiger partial charge in [0.25, 0.3) is 6.01 Å². The van der Waals surface area contributed by atoms with Crippen LogP contribution in [-0.4, -0.2) is 73.8 Å².